The largest absolute Gasteiger partial charge is 0.490 e. The molecule has 4 aliphatic rings. The molecule has 0 radical (unpaired) electrons. The lowest BCUT2D eigenvalue weighted by molar-refractivity contribution is -0.139. The number of benzene rings is 2. The predicted octanol–water partition coefficient (Wildman–Crippen LogP) is 9.03. The molecule has 2 amide bonds. The molecule has 2 N–H and O–H groups in total. The van der Waals surface area contributed by atoms with Gasteiger partial charge >= 0.3 is 24.1 Å². The molecular weight excluding hydrogens is 857 g/mol. The normalized spacial score (nSPS) is 26.0. The summed E-state index contributed by atoms with van der Waals surface area (Å²) in [5.41, 5.74) is 1.19. The van der Waals surface area contributed by atoms with Crippen molar-refractivity contribution in [1.82, 2.24) is 10.6 Å². The highest BCUT2D eigenvalue weighted by Crippen LogP contribution is 2.95. The molecule has 2 aromatic carbocycles. The first-order chi connectivity index (χ1) is 32.3. The van der Waals surface area contributed by atoms with Crippen LogP contribution in [0.3, 0.4) is 0 Å². The van der Waals surface area contributed by atoms with Crippen molar-refractivity contribution in [2.75, 3.05) is 65.9 Å². The van der Waals surface area contributed by atoms with E-state index in [2.05, 4.69) is 37.6 Å². The van der Waals surface area contributed by atoms with Gasteiger partial charge in [0, 0.05) is 29.7 Å². The van der Waals surface area contributed by atoms with Gasteiger partial charge in [-0.2, -0.15) is 0 Å². The van der Waals surface area contributed by atoms with Crippen molar-refractivity contribution in [3.8, 4) is 11.5 Å². The summed E-state index contributed by atoms with van der Waals surface area (Å²) >= 11 is 0. The minimum atomic E-state index is -0.610. The number of alkyl carbamates (subject to hydrolysis) is 2. The third-order valence-electron chi connectivity index (χ3n) is 14.5. The summed E-state index contributed by atoms with van der Waals surface area (Å²) < 4.78 is 47.0. The highest BCUT2D eigenvalue weighted by molar-refractivity contribution is 5.87. The SMILES string of the molecule is C=C(C)C(=O)OCCCCCNC(=O)OC(COCC1(C)CCC2C(C1)C1C(C)C23CC13COCC(COc1ccccc1)OC(=O)NCCCCCOC(=O)C(=C)C)COc1ccccc1. The van der Waals surface area contributed by atoms with Gasteiger partial charge in [-0.15, -0.1) is 0 Å². The topological polar surface area (TPSA) is 166 Å². The van der Waals surface area contributed by atoms with Crippen molar-refractivity contribution in [3.63, 3.8) is 0 Å². The fourth-order valence-electron chi connectivity index (χ4n) is 11.4. The average Bonchev–Trinajstić information content (AvgIpc) is 3.71. The molecule has 14 nitrogen and oxygen atoms in total. The number of nitrogens with one attached hydrogen (secondary N) is 2. The van der Waals surface area contributed by atoms with Crippen molar-refractivity contribution in [2.45, 2.75) is 104 Å². The van der Waals surface area contributed by atoms with Gasteiger partial charge in [-0.1, -0.05) is 63.4 Å². The van der Waals surface area contributed by atoms with Crippen LogP contribution < -0.4 is 20.1 Å². The number of carbonyl (C=O) groups excluding carboxylic acids is 4. The average molecular weight is 931 g/mol. The zero-order chi connectivity index (χ0) is 47.9. The summed E-state index contributed by atoms with van der Waals surface area (Å²) in [5, 5.41) is 5.69. The number of carbonyl (C=O) groups is 4. The van der Waals surface area contributed by atoms with Crippen LogP contribution in [-0.4, -0.2) is 102 Å². The maximum absolute atomic E-state index is 12.9. The molecule has 4 fully saturated rings. The van der Waals surface area contributed by atoms with Gasteiger partial charge in [-0.05, 0) is 137 Å². The lowest BCUT2D eigenvalue weighted by Crippen LogP contribution is -2.43. The van der Waals surface area contributed by atoms with Gasteiger partial charge in [0.25, 0.3) is 0 Å². The molecule has 368 valence electrons. The molecule has 0 aromatic heterocycles. The van der Waals surface area contributed by atoms with Gasteiger partial charge in [0.15, 0.2) is 12.2 Å². The lowest BCUT2D eigenvalue weighted by Gasteiger charge is -2.44. The molecule has 0 saturated heterocycles. The molecule has 0 spiro atoms. The first-order valence-electron chi connectivity index (χ1n) is 24.3. The van der Waals surface area contributed by atoms with Gasteiger partial charge in [0.1, 0.15) is 24.7 Å². The molecule has 0 aliphatic heterocycles. The Labute approximate surface area is 397 Å². The number of ether oxygens (including phenoxy) is 8. The molecule has 9 unspecified atom stereocenters. The number of hydrogen-bond acceptors (Lipinski definition) is 12. The zero-order valence-corrected chi connectivity index (χ0v) is 40.2. The first-order valence-corrected chi connectivity index (χ1v) is 24.3. The van der Waals surface area contributed by atoms with Crippen LogP contribution in [0.5, 0.6) is 11.5 Å². The Morgan fingerprint density at radius 2 is 1.18 bits per heavy atom. The fraction of sp³-hybridized carbons (Fsp3) is 0.623. The second-order valence-electron chi connectivity index (χ2n) is 19.7. The van der Waals surface area contributed by atoms with Gasteiger partial charge in [0.05, 0.1) is 39.6 Å². The maximum atomic E-state index is 12.9. The van der Waals surface area contributed by atoms with Crippen LogP contribution in [0.15, 0.2) is 85.0 Å². The molecule has 6 rings (SSSR count). The third-order valence-corrected chi connectivity index (χ3v) is 14.5. The van der Waals surface area contributed by atoms with Crippen LogP contribution >= 0.6 is 0 Å². The Bertz CT molecular complexity index is 1960. The van der Waals surface area contributed by atoms with Gasteiger partial charge < -0.3 is 48.5 Å². The van der Waals surface area contributed by atoms with E-state index in [1.807, 2.05) is 60.7 Å². The molecule has 14 heteroatoms. The van der Waals surface area contributed by atoms with E-state index < -0.39 is 36.3 Å². The van der Waals surface area contributed by atoms with E-state index in [0.717, 1.165) is 44.9 Å². The van der Waals surface area contributed by atoms with Crippen molar-refractivity contribution < 1.29 is 57.1 Å². The van der Waals surface area contributed by atoms with E-state index in [0.29, 0.717) is 104 Å². The Balaban J connectivity index is 0.950. The van der Waals surface area contributed by atoms with Crippen LogP contribution in [0.1, 0.15) is 91.9 Å². The molecular formula is C53H74N2O12. The van der Waals surface area contributed by atoms with Crippen molar-refractivity contribution in [2.24, 2.45) is 39.9 Å². The summed E-state index contributed by atoms with van der Waals surface area (Å²) in [6.07, 6.45) is 6.63. The Morgan fingerprint density at radius 3 is 1.67 bits per heavy atom. The summed E-state index contributed by atoms with van der Waals surface area (Å²) in [5.74, 6) is 3.05. The van der Waals surface area contributed by atoms with E-state index in [4.69, 9.17) is 37.9 Å². The molecule has 4 aliphatic carbocycles. The van der Waals surface area contributed by atoms with E-state index in [-0.39, 0.29) is 37.3 Å². The standard InChI is InChI=1S/C53H74N2O12/c1-37(2)47(56)62-27-17-9-15-25-54-49(58)66-42(32-64-40-19-11-7-12-20-40)30-60-35-51(6)24-23-45-44(29-51)46-39(5)53(45)34-52(46,53)36-61-31-43(33-65-41-21-13-8-14-22-41)67-50(59)55-26-16-10-18-28-63-48(57)38(3)4/h7-8,11-14,19-22,39,42-46H,1,3,9-10,15-18,23-36H2,2,4-6H3,(H,54,58)(H,55,59). The van der Waals surface area contributed by atoms with Gasteiger partial charge in [-0.25, -0.2) is 19.2 Å². The molecule has 4 saturated carbocycles. The van der Waals surface area contributed by atoms with Crippen molar-refractivity contribution in [1.29, 1.82) is 0 Å². The Morgan fingerprint density at radius 1 is 0.687 bits per heavy atom. The molecule has 67 heavy (non-hydrogen) atoms. The fourth-order valence-corrected chi connectivity index (χ4v) is 11.4. The predicted molar refractivity (Wildman–Crippen MR) is 252 cm³/mol. The molecule has 2 bridgehead atoms. The molecule has 2 aromatic rings. The smallest absolute Gasteiger partial charge is 0.407 e. The third kappa shape index (κ3) is 13.6. The monoisotopic (exact) mass is 931 g/mol. The number of esters is 2. The van der Waals surface area contributed by atoms with Crippen LogP contribution in [-0.2, 0) is 38.0 Å². The Hall–Kier alpha value is -5.08. The first kappa shape index (κ1) is 51.3. The summed E-state index contributed by atoms with van der Waals surface area (Å²) in [7, 11) is 0. The summed E-state index contributed by atoms with van der Waals surface area (Å²) in [6.45, 7) is 18.7. The minimum Gasteiger partial charge on any atom is -0.490 e. The minimum absolute atomic E-state index is 0.0200. The van der Waals surface area contributed by atoms with Crippen LogP contribution in [0.4, 0.5) is 9.59 Å². The number of rotatable bonds is 30. The quantitative estimate of drug-likeness (QED) is 0.0331. The number of amides is 2. The zero-order valence-electron chi connectivity index (χ0n) is 40.2. The van der Waals surface area contributed by atoms with E-state index in [9.17, 15) is 19.2 Å². The lowest BCUT2D eigenvalue weighted by atomic mass is 9.62. The summed E-state index contributed by atoms with van der Waals surface area (Å²) in [4.78, 5) is 49.0. The number of para-hydroxylation sites is 2. The maximum Gasteiger partial charge on any atom is 0.407 e. The number of hydrogen-bond donors (Lipinski definition) is 2. The second-order valence-corrected chi connectivity index (χ2v) is 19.7. The van der Waals surface area contributed by atoms with E-state index in [1.54, 1.807) is 13.8 Å². The number of unbranched alkanes of at least 4 members (excludes halogenated alkanes) is 4. The van der Waals surface area contributed by atoms with Gasteiger partial charge in [-0.3, -0.25) is 0 Å². The van der Waals surface area contributed by atoms with Crippen LogP contribution in [0.25, 0.3) is 0 Å². The Kier molecular flexibility index (Phi) is 18.6. The second kappa shape index (κ2) is 24.3. The highest BCUT2D eigenvalue weighted by Gasteiger charge is 2.91. The van der Waals surface area contributed by atoms with Crippen LogP contribution in [0, 0.1) is 39.9 Å². The van der Waals surface area contributed by atoms with Crippen LogP contribution in [0.2, 0.25) is 0 Å². The van der Waals surface area contributed by atoms with Crippen molar-refractivity contribution in [3.05, 3.63) is 85.0 Å². The van der Waals surface area contributed by atoms with E-state index in [1.165, 1.54) is 6.42 Å². The molecule has 9 atom stereocenters. The van der Waals surface area contributed by atoms with Gasteiger partial charge in [0.2, 0.25) is 0 Å². The van der Waals surface area contributed by atoms with Crippen molar-refractivity contribution >= 4 is 24.1 Å². The summed E-state index contributed by atoms with van der Waals surface area (Å²) in [6, 6.07) is 18.9. The highest BCUT2D eigenvalue weighted by atomic mass is 16.6. The number of fused-ring (bicyclic) bond motifs is 2. The molecule has 0 heterocycles. The van der Waals surface area contributed by atoms with E-state index >= 15 is 0 Å².